The molecular formula is C22H22ClNO2. The number of benzene rings is 3. The number of halogens is 1. The van der Waals surface area contributed by atoms with Crippen molar-refractivity contribution in [3.8, 4) is 11.5 Å². The molecule has 0 heterocycles. The van der Waals surface area contributed by atoms with Crippen molar-refractivity contribution >= 4 is 17.3 Å². The Balaban J connectivity index is 1.55. The van der Waals surface area contributed by atoms with E-state index in [1.807, 2.05) is 73.7 Å². The molecule has 3 nitrogen and oxygen atoms in total. The fourth-order valence-electron chi connectivity index (χ4n) is 2.51. The Labute approximate surface area is 159 Å². The molecule has 0 aliphatic heterocycles. The Hall–Kier alpha value is -2.65. The fraction of sp³-hybridized carbons (Fsp3) is 0.182. The maximum Gasteiger partial charge on any atom is 0.142 e. The molecule has 1 unspecified atom stereocenters. The van der Waals surface area contributed by atoms with E-state index < -0.39 is 0 Å². The van der Waals surface area contributed by atoms with Gasteiger partial charge in [-0.2, -0.15) is 0 Å². The number of anilines is 1. The summed E-state index contributed by atoms with van der Waals surface area (Å²) in [5.41, 5.74) is 2.09. The van der Waals surface area contributed by atoms with Gasteiger partial charge in [0.05, 0.1) is 12.2 Å². The lowest BCUT2D eigenvalue weighted by atomic mass is 10.2. The zero-order chi connectivity index (χ0) is 18.2. The lowest BCUT2D eigenvalue weighted by Gasteiger charge is -2.18. The molecule has 0 saturated carbocycles. The minimum Gasteiger partial charge on any atom is -0.489 e. The van der Waals surface area contributed by atoms with Crippen molar-refractivity contribution in [2.75, 3.05) is 11.9 Å². The zero-order valence-electron chi connectivity index (χ0n) is 14.7. The molecule has 0 fully saturated rings. The summed E-state index contributed by atoms with van der Waals surface area (Å²) in [6.07, 6.45) is -0.00152. The van der Waals surface area contributed by atoms with Gasteiger partial charge in [-0.1, -0.05) is 54.1 Å². The highest BCUT2D eigenvalue weighted by Gasteiger charge is 2.07. The van der Waals surface area contributed by atoms with Gasteiger partial charge in [0.2, 0.25) is 0 Å². The summed E-state index contributed by atoms with van der Waals surface area (Å²) in [7, 11) is 0. The van der Waals surface area contributed by atoms with Crippen LogP contribution in [0.4, 0.5) is 5.69 Å². The van der Waals surface area contributed by atoms with Gasteiger partial charge in [0.25, 0.3) is 0 Å². The molecule has 3 rings (SSSR count). The summed E-state index contributed by atoms with van der Waals surface area (Å²) in [6, 6.07) is 25.5. The summed E-state index contributed by atoms with van der Waals surface area (Å²) in [4.78, 5) is 0. The van der Waals surface area contributed by atoms with Crippen LogP contribution in [0.1, 0.15) is 12.5 Å². The van der Waals surface area contributed by atoms with E-state index in [-0.39, 0.29) is 6.10 Å². The number of hydrogen-bond donors (Lipinski definition) is 1. The molecule has 3 aromatic rings. The number of ether oxygens (including phenoxy) is 2. The third-order valence-corrected chi connectivity index (χ3v) is 4.11. The largest absolute Gasteiger partial charge is 0.489 e. The van der Waals surface area contributed by atoms with Crippen LogP contribution < -0.4 is 14.8 Å². The van der Waals surface area contributed by atoms with Crippen LogP contribution >= 0.6 is 11.6 Å². The Morgan fingerprint density at radius 2 is 1.58 bits per heavy atom. The topological polar surface area (TPSA) is 30.5 Å². The molecule has 0 radical (unpaired) electrons. The zero-order valence-corrected chi connectivity index (χ0v) is 15.4. The van der Waals surface area contributed by atoms with Crippen molar-refractivity contribution in [1.29, 1.82) is 0 Å². The second-order valence-corrected chi connectivity index (χ2v) is 6.47. The van der Waals surface area contributed by atoms with Crippen LogP contribution in [0.15, 0.2) is 78.9 Å². The van der Waals surface area contributed by atoms with Crippen LogP contribution in [-0.2, 0) is 6.61 Å². The van der Waals surface area contributed by atoms with Gasteiger partial charge < -0.3 is 14.8 Å². The molecule has 0 bridgehead atoms. The van der Waals surface area contributed by atoms with Gasteiger partial charge in [0.15, 0.2) is 0 Å². The van der Waals surface area contributed by atoms with Crippen LogP contribution in [0, 0.1) is 0 Å². The van der Waals surface area contributed by atoms with Gasteiger partial charge >= 0.3 is 0 Å². The van der Waals surface area contributed by atoms with Gasteiger partial charge in [-0.15, -0.1) is 0 Å². The van der Waals surface area contributed by atoms with Gasteiger partial charge in [-0.05, 0) is 48.9 Å². The fourth-order valence-corrected chi connectivity index (χ4v) is 2.64. The first kappa shape index (κ1) is 18.2. The molecule has 0 saturated heterocycles. The molecule has 0 aliphatic carbocycles. The normalized spacial score (nSPS) is 11.6. The molecule has 0 aromatic heterocycles. The monoisotopic (exact) mass is 367 g/mol. The van der Waals surface area contributed by atoms with Crippen LogP contribution in [0.5, 0.6) is 11.5 Å². The Kier molecular flexibility index (Phi) is 6.39. The van der Waals surface area contributed by atoms with Gasteiger partial charge in [-0.3, -0.25) is 0 Å². The molecule has 0 aliphatic rings. The van der Waals surface area contributed by atoms with E-state index in [0.29, 0.717) is 18.2 Å². The molecule has 4 heteroatoms. The van der Waals surface area contributed by atoms with Crippen LogP contribution in [-0.4, -0.2) is 12.6 Å². The van der Waals surface area contributed by atoms with Crippen LogP contribution in [0.25, 0.3) is 0 Å². The minimum atomic E-state index is -0.00152. The molecule has 1 atom stereocenters. The average molecular weight is 368 g/mol. The first-order valence-electron chi connectivity index (χ1n) is 8.62. The number of nitrogens with one attached hydrogen (secondary N) is 1. The maximum atomic E-state index is 5.97. The molecule has 0 spiro atoms. The second kappa shape index (κ2) is 9.16. The molecule has 1 N–H and O–H groups in total. The predicted molar refractivity (Wildman–Crippen MR) is 107 cm³/mol. The Morgan fingerprint density at radius 3 is 2.35 bits per heavy atom. The van der Waals surface area contributed by atoms with Crippen molar-refractivity contribution < 1.29 is 9.47 Å². The van der Waals surface area contributed by atoms with Gasteiger partial charge in [-0.25, -0.2) is 0 Å². The van der Waals surface area contributed by atoms with E-state index in [0.717, 1.165) is 22.7 Å². The lowest BCUT2D eigenvalue weighted by Crippen LogP contribution is -2.22. The summed E-state index contributed by atoms with van der Waals surface area (Å²) in [6.45, 7) is 3.22. The molecule has 26 heavy (non-hydrogen) atoms. The molecule has 3 aromatic carbocycles. The lowest BCUT2D eigenvalue weighted by molar-refractivity contribution is 0.234. The first-order chi connectivity index (χ1) is 12.7. The highest BCUT2D eigenvalue weighted by atomic mass is 35.5. The minimum absolute atomic E-state index is 0.00152. The summed E-state index contributed by atoms with van der Waals surface area (Å²) < 4.78 is 11.9. The van der Waals surface area contributed by atoms with Crippen molar-refractivity contribution in [3.05, 3.63) is 89.4 Å². The van der Waals surface area contributed by atoms with E-state index in [9.17, 15) is 0 Å². The second-order valence-electron chi connectivity index (χ2n) is 6.03. The van der Waals surface area contributed by atoms with E-state index in [1.54, 1.807) is 0 Å². The van der Waals surface area contributed by atoms with E-state index in [2.05, 4.69) is 17.4 Å². The van der Waals surface area contributed by atoms with Crippen molar-refractivity contribution in [2.45, 2.75) is 19.6 Å². The first-order valence-corrected chi connectivity index (χ1v) is 9.00. The summed E-state index contributed by atoms with van der Waals surface area (Å²) >= 11 is 5.90. The molecule has 134 valence electrons. The maximum absolute atomic E-state index is 5.97. The summed E-state index contributed by atoms with van der Waals surface area (Å²) in [5.74, 6) is 1.63. The van der Waals surface area contributed by atoms with E-state index in [1.165, 1.54) is 0 Å². The summed E-state index contributed by atoms with van der Waals surface area (Å²) in [5, 5.41) is 4.11. The number of hydrogen-bond acceptors (Lipinski definition) is 3. The number of para-hydroxylation sites is 2. The van der Waals surface area contributed by atoms with Crippen LogP contribution in [0.3, 0.4) is 0 Å². The average Bonchev–Trinajstić information content (AvgIpc) is 2.68. The van der Waals surface area contributed by atoms with Crippen molar-refractivity contribution in [3.63, 3.8) is 0 Å². The van der Waals surface area contributed by atoms with Crippen molar-refractivity contribution in [1.82, 2.24) is 0 Å². The van der Waals surface area contributed by atoms with Gasteiger partial charge in [0.1, 0.15) is 24.2 Å². The van der Waals surface area contributed by atoms with Crippen LogP contribution in [0.2, 0.25) is 5.02 Å². The Bertz CT molecular complexity index is 806. The highest BCUT2D eigenvalue weighted by Crippen LogP contribution is 2.25. The standard InChI is InChI=1S/C22H22ClNO2/c1-17(26-20-13-11-19(23)12-14-20)15-24-21-9-5-6-10-22(21)25-16-18-7-3-2-4-8-18/h2-14,17,24H,15-16H2,1H3. The van der Waals surface area contributed by atoms with E-state index in [4.69, 9.17) is 21.1 Å². The Morgan fingerprint density at radius 1 is 0.885 bits per heavy atom. The molecular weight excluding hydrogens is 346 g/mol. The quantitative estimate of drug-likeness (QED) is 0.546. The third kappa shape index (κ3) is 5.43. The number of rotatable bonds is 8. The van der Waals surface area contributed by atoms with Crippen molar-refractivity contribution in [2.24, 2.45) is 0 Å². The SMILES string of the molecule is CC(CNc1ccccc1OCc1ccccc1)Oc1ccc(Cl)cc1. The highest BCUT2D eigenvalue weighted by molar-refractivity contribution is 6.30. The molecule has 0 amide bonds. The predicted octanol–water partition coefficient (Wildman–Crippen LogP) is 5.80. The third-order valence-electron chi connectivity index (χ3n) is 3.86. The smallest absolute Gasteiger partial charge is 0.142 e. The van der Waals surface area contributed by atoms with E-state index >= 15 is 0 Å². The van der Waals surface area contributed by atoms with Gasteiger partial charge in [0, 0.05) is 5.02 Å².